The minimum Gasteiger partial charge on any atom is -0.396 e. The molecule has 2 amide bonds. The molecule has 0 bridgehead atoms. The molecule has 0 aliphatic carbocycles. The third kappa shape index (κ3) is 4.35. The first-order valence-corrected chi connectivity index (χ1v) is 13.8. The second-order valence-corrected chi connectivity index (χ2v) is 10.9. The highest BCUT2D eigenvalue weighted by molar-refractivity contribution is 6.01. The van der Waals surface area contributed by atoms with E-state index in [1.54, 1.807) is 16.0 Å². The summed E-state index contributed by atoms with van der Waals surface area (Å²) in [4.78, 5) is 24.5. The molecule has 0 saturated carbocycles. The molecule has 11 heteroatoms. The molecule has 1 aromatic carbocycles. The minimum absolute atomic E-state index is 0.0931. The predicted octanol–water partition coefficient (Wildman–Crippen LogP) is 5.61. The number of imidazole rings is 1. The van der Waals surface area contributed by atoms with E-state index in [4.69, 9.17) is 0 Å². The predicted molar refractivity (Wildman–Crippen MR) is 148 cm³/mol. The molecule has 2 N–H and O–H groups in total. The summed E-state index contributed by atoms with van der Waals surface area (Å²) in [7, 11) is 0. The van der Waals surface area contributed by atoms with Crippen LogP contribution in [-0.4, -0.2) is 66.1 Å². The number of benzene rings is 1. The van der Waals surface area contributed by atoms with Crippen LogP contribution in [0.3, 0.4) is 0 Å². The zero-order valence-electron chi connectivity index (χ0n) is 22.2. The van der Waals surface area contributed by atoms with Gasteiger partial charge in [-0.1, -0.05) is 6.07 Å². The summed E-state index contributed by atoms with van der Waals surface area (Å²) in [5.74, 6) is 0.185. The van der Waals surface area contributed by atoms with E-state index in [-0.39, 0.29) is 25.1 Å². The third-order valence-corrected chi connectivity index (χ3v) is 8.49. The lowest BCUT2D eigenvalue weighted by Crippen LogP contribution is -2.47. The molecule has 0 atom stereocenters. The first-order valence-electron chi connectivity index (χ1n) is 13.8. The zero-order valence-corrected chi connectivity index (χ0v) is 22.2. The number of carbonyl (C=O) groups excluding carboxylic acids is 1. The Morgan fingerprint density at radius 1 is 1.02 bits per heavy atom. The second kappa shape index (κ2) is 9.69. The van der Waals surface area contributed by atoms with E-state index in [1.165, 1.54) is 12.1 Å². The van der Waals surface area contributed by atoms with Crippen molar-refractivity contribution < 1.29 is 23.1 Å². The van der Waals surface area contributed by atoms with Gasteiger partial charge < -0.3 is 24.5 Å². The van der Waals surface area contributed by atoms with Crippen LogP contribution >= 0.6 is 0 Å². The van der Waals surface area contributed by atoms with E-state index in [0.29, 0.717) is 48.2 Å². The normalized spacial score (nSPS) is 16.6. The lowest BCUT2D eigenvalue weighted by atomic mass is 9.98. The number of fused-ring (bicyclic) bond motifs is 1. The number of aliphatic hydroxyl groups is 1. The summed E-state index contributed by atoms with van der Waals surface area (Å²) >= 11 is 0. The van der Waals surface area contributed by atoms with Crippen molar-refractivity contribution in [1.29, 1.82) is 0 Å². The van der Waals surface area contributed by atoms with Gasteiger partial charge in [0.1, 0.15) is 5.65 Å². The summed E-state index contributed by atoms with van der Waals surface area (Å²) in [6.07, 6.45) is 6.14. The lowest BCUT2D eigenvalue weighted by molar-refractivity contribution is -0.137. The van der Waals surface area contributed by atoms with Crippen molar-refractivity contribution in [1.82, 2.24) is 28.7 Å². The van der Waals surface area contributed by atoms with Crippen LogP contribution in [0.4, 0.5) is 18.0 Å². The highest BCUT2D eigenvalue weighted by Gasteiger charge is 2.35. The van der Waals surface area contributed by atoms with Gasteiger partial charge in [0, 0.05) is 86.2 Å². The number of alkyl halides is 3. The molecule has 41 heavy (non-hydrogen) atoms. The Morgan fingerprint density at radius 2 is 1.83 bits per heavy atom. The van der Waals surface area contributed by atoms with Gasteiger partial charge in [-0.3, -0.25) is 4.40 Å². The van der Waals surface area contributed by atoms with Crippen LogP contribution in [0.1, 0.15) is 24.0 Å². The molecule has 0 radical (unpaired) electrons. The van der Waals surface area contributed by atoms with E-state index in [2.05, 4.69) is 9.97 Å². The van der Waals surface area contributed by atoms with Crippen LogP contribution in [0.5, 0.6) is 0 Å². The highest BCUT2D eigenvalue weighted by Crippen LogP contribution is 2.42. The van der Waals surface area contributed by atoms with Gasteiger partial charge in [-0.05, 0) is 48.6 Å². The molecule has 2 aliphatic heterocycles. The van der Waals surface area contributed by atoms with Crippen LogP contribution in [0.15, 0.2) is 61.3 Å². The maximum absolute atomic E-state index is 14.2. The van der Waals surface area contributed by atoms with Crippen LogP contribution in [-0.2, 0) is 19.3 Å². The molecule has 6 heterocycles. The van der Waals surface area contributed by atoms with Gasteiger partial charge in [-0.15, -0.1) is 0 Å². The van der Waals surface area contributed by atoms with Crippen molar-refractivity contribution >= 4 is 22.6 Å². The number of pyridine rings is 1. The monoisotopic (exact) mass is 562 g/mol. The molecular weight excluding hydrogens is 533 g/mol. The zero-order chi connectivity index (χ0) is 28.3. The van der Waals surface area contributed by atoms with Gasteiger partial charge in [0.2, 0.25) is 0 Å². The topological polar surface area (TPSA) is 81.8 Å². The van der Waals surface area contributed by atoms with Crippen LogP contribution in [0.2, 0.25) is 0 Å². The third-order valence-electron chi connectivity index (χ3n) is 8.49. The fraction of sp³-hybridized carbons (Fsp3) is 0.333. The average molecular weight is 563 g/mol. The van der Waals surface area contributed by atoms with Gasteiger partial charge in [0.05, 0.1) is 23.0 Å². The van der Waals surface area contributed by atoms with E-state index >= 15 is 0 Å². The molecule has 1 saturated heterocycles. The number of aliphatic hydroxyl groups excluding tert-OH is 1. The Labute approximate surface area is 233 Å². The van der Waals surface area contributed by atoms with E-state index in [0.717, 1.165) is 35.3 Å². The van der Waals surface area contributed by atoms with Crippen LogP contribution in [0.25, 0.3) is 38.9 Å². The molecule has 5 aromatic rings. The van der Waals surface area contributed by atoms with Crippen molar-refractivity contribution in [3.05, 3.63) is 72.4 Å². The fourth-order valence-corrected chi connectivity index (χ4v) is 6.32. The Hall–Kier alpha value is -4.25. The molecule has 8 nitrogen and oxygen atoms in total. The number of aromatic nitrogens is 4. The number of amides is 2. The lowest BCUT2D eigenvalue weighted by Gasteiger charge is -2.35. The van der Waals surface area contributed by atoms with Crippen LogP contribution in [0, 0.1) is 5.92 Å². The van der Waals surface area contributed by atoms with Crippen molar-refractivity contribution in [2.24, 2.45) is 5.92 Å². The number of hydrogen-bond acceptors (Lipinski definition) is 3. The van der Waals surface area contributed by atoms with Gasteiger partial charge >= 0.3 is 12.2 Å². The Bertz CT molecular complexity index is 1760. The highest BCUT2D eigenvalue weighted by atomic mass is 19.4. The van der Waals surface area contributed by atoms with Gasteiger partial charge in [0.15, 0.2) is 0 Å². The number of urea groups is 1. The number of nitrogens with one attached hydrogen (secondary N) is 1. The Morgan fingerprint density at radius 3 is 2.61 bits per heavy atom. The first-order chi connectivity index (χ1) is 19.8. The Balaban J connectivity index is 1.31. The molecule has 7 rings (SSSR count). The van der Waals surface area contributed by atoms with Gasteiger partial charge in [-0.2, -0.15) is 13.2 Å². The second-order valence-electron chi connectivity index (χ2n) is 10.9. The van der Waals surface area contributed by atoms with Crippen LogP contribution < -0.4 is 0 Å². The number of likely N-dealkylation sites (tertiary alicyclic amines) is 1. The maximum atomic E-state index is 14.2. The number of halogens is 3. The summed E-state index contributed by atoms with van der Waals surface area (Å²) < 4.78 is 46.5. The molecule has 1 fully saturated rings. The largest absolute Gasteiger partial charge is 0.416 e. The number of piperidine rings is 1. The number of rotatable bonds is 3. The smallest absolute Gasteiger partial charge is 0.396 e. The summed E-state index contributed by atoms with van der Waals surface area (Å²) in [5.41, 5.74) is 4.38. The average Bonchev–Trinajstić information content (AvgIpc) is 3.68. The fourth-order valence-electron chi connectivity index (χ4n) is 6.32. The molecule has 0 spiro atoms. The molecule has 0 unspecified atom stereocenters. The van der Waals surface area contributed by atoms with Gasteiger partial charge in [-0.25, -0.2) is 9.78 Å². The quantitative estimate of drug-likeness (QED) is 0.300. The van der Waals surface area contributed by atoms with E-state index in [9.17, 15) is 23.1 Å². The van der Waals surface area contributed by atoms with Gasteiger partial charge in [0.25, 0.3) is 0 Å². The number of H-pyrrole nitrogens is 1. The van der Waals surface area contributed by atoms with E-state index < -0.39 is 11.7 Å². The summed E-state index contributed by atoms with van der Waals surface area (Å²) in [6, 6.07) is 7.96. The molecule has 212 valence electrons. The summed E-state index contributed by atoms with van der Waals surface area (Å²) in [6.45, 7) is 2.11. The molecular formula is C30H29F3N6O2. The molecule has 4 aromatic heterocycles. The number of nitrogens with zero attached hydrogens (tertiary/aromatic N) is 5. The van der Waals surface area contributed by atoms with E-state index in [1.807, 2.05) is 52.0 Å². The first kappa shape index (κ1) is 25.7. The van der Waals surface area contributed by atoms with Crippen molar-refractivity contribution in [3.8, 4) is 22.4 Å². The van der Waals surface area contributed by atoms with Crippen molar-refractivity contribution in [3.63, 3.8) is 0 Å². The maximum Gasteiger partial charge on any atom is 0.416 e. The summed E-state index contributed by atoms with van der Waals surface area (Å²) in [5, 5.41) is 9.95. The number of carbonyl (C=O) groups is 1. The van der Waals surface area contributed by atoms with Crippen molar-refractivity contribution in [2.75, 3.05) is 26.2 Å². The SMILES string of the molecule is O=C(N1CCC(CO)CC1)N1CCn2cc(-c3c[nH]cc3-c3cnc4ccccn34)c3cc(C(F)(F)F)cc(c32)C1. The number of hydrogen-bond donors (Lipinski definition) is 2. The molecule has 2 aliphatic rings. The minimum atomic E-state index is -4.54. The van der Waals surface area contributed by atoms with Crippen molar-refractivity contribution in [2.45, 2.75) is 32.1 Å². The number of aromatic amines is 1. The Kier molecular flexibility index (Phi) is 6.07. The standard InChI is InChI=1S/C30H29F3N6O2/c31-30(32,33)21-11-20-16-38(29(41)36-7-4-19(18-40)5-8-36)10-9-37-17-25(22(12-21)28(20)37)23-13-34-14-24(23)26-15-35-27-3-1-2-6-39(26)27/h1-3,6,11-15,17,19,34,40H,4-5,7-10,16,18H2.